The Labute approximate surface area is 166 Å². The van der Waals surface area contributed by atoms with Crippen LogP contribution in [0.2, 0.25) is 0 Å². The van der Waals surface area contributed by atoms with E-state index < -0.39 is 0 Å². The van der Waals surface area contributed by atoms with Gasteiger partial charge in [-0.15, -0.1) is 0 Å². The van der Waals surface area contributed by atoms with E-state index in [1.165, 1.54) is 12.1 Å². The van der Waals surface area contributed by atoms with Gasteiger partial charge in [0.05, 0.1) is 41.7 Å². The molecule has 0 unspecified atom stereocenters. The number of ether oxygens (including phenoxy) is 1. The smallest absolute Gasteiger partial charge is 0.225 e. The van der Waals surface area contributed by atoms with E-state index in [0.717, 1.165) is 40.9 Å². The molecule has 4 aromatic rings. The summed E-state index contributed by atoms with van der Waals surface area (Å²) in [5, 5.41) is 0. The minimum Gasteiger partial charge on any atom is -0.378 e. The molecule has 5 rings (SSSR count). The van der Waals surface area contributed by atoms with Crippen molar-refractivity contribution < 1.29 is 9.13 Å². The standard InChI is InChI=1S/C21H19FN6O/c1-14-10-16(22)2-3-18(14)28-19-13-23-5-4-17(19)26-20(28)15-11-24-21(25-12-15)27-6-8-29-9-7-27/h2-5,10-13H,6-9H2,1H3. The number of imidazole rings is 1. The second-order valence-electron chi connectivity index (χ2n) is 6.94. The molecule has 0 bridgehead atoms. The molecule has 0 radical (unpaired) electrons. The van der Waals surface area contributed by atoms with Gasteiger partial charge < -0.3 is 9.64 Å². The minimum absolute atomic E-state index is 0.270. The van der Waals surface area contributed by atoms with Gasteiger partial charge in [0.1, 0.15) is 11.6 Å². The highest BCUT2D eigenvalue weighted by atomic mass is 19.1. The van der Waals surface area contributed by atoms with Gasteiger partial charge in [-0.1, -0.05) is 0 Å². The number of pyridine rings is 1. The van der Waals surface area contributed by atoms with Crippen LogP contribution < -0.4 is 4.90 Å². The zero-order valence-electron chi connectivity index (χ0n) is 15.9. The van der Waals surface area contributed by atoms with Crippen molar-refractivity contribution in [2.75, 3.05) is 31.2 Å². The normalized spacial score (nSPS) is 14.5. The molecule has 1 saturated heterocycles. The summed E-state index contributed by atoms with van der Waals surface area (Å²) in [6.45, 7) is 4.79. The fraction of sp³-hybridized carbons (Fsp3) is 0.238. The van der Waals surface area contributed by atoms with Crippen LogP contribution >= 0.6 is 0 Å². The van der Waals surface area contributed by atoms with E-state index >= 15 is 0 Å². The third kappa shape index (κ3) is 3.21. The molecule has 29 heavy (non-hydrogen) atoms. The number of fused-ring (bicyclic) bond motifs is 1. The fourth-order valence-electron chi connectivity index (χ4n) is 3.59. The zero-order chi connectivity index (χ0) is 19.8. The lowest BCUT2D eigenvalue weighted by molar-refractivity contribution is 0.122. The Bertz CT molecular complexity index is 1170. The zero-order valence-corrected chi connectivity index (χ0v) is 15.9. The van der Waals surface area contributed by atoms with Gasteiger partial charge in [-0.2, -0.15) is 0 Å². The van der Waals surface area contributed by atoms with Gasteiger partial charge in [0, 0.05) is 31.7 Å². The SMILES string of the molecule is Cc1cc(F)ccc1-n1c(-c2cnc(N3CCOCC3)nc2)nc2ccncc21. The Hall–Kier alpha value is -3.39. The molecule has 146 valence electrons. The predicted octanol–water partition coefficient (Wildman–Crippen LogP) is 3.16. The first-order valence-corrected chi connectivity index (χ1v) is 9.45. The molecule has 1 fully saturated rings. The maximum atomic E-state index is 13.7. The monoisotopic (exact) mass is 390 g/mol. The van der Waals surface area contributed by atoms with Crippen molar-refractivity contribution in [1.82, 2.24) is 24.5 Å². The topological polar surface area (TPSA) is 69.0 Å². The van der Waals surface area contributed by atoms with Crippen LogP contribution in [0, 0.1) is 12.7 Å². The molecule has 0 N–H and O–H groups in total. The molecule has 0 amide bonds. The van der Waals surface area contributed by atoms with E-state index in [-0.39, 0.29) is 5.82 Å². The number of halogens is 1. The van der Waals surface area contributed by atoms with Crippen molar-refractivity contribution in [1.29, 1.82) is 0 Å². The highest BCUT2D eigenvalue weighted by Crippen LogP contribution is 2.29. The van der Waals surface area contributed by atoms with E-state index in [9.17, 15) is 4.39 Å². The van der Waals surface area contributed by atoms with Crippen molar-refractivity contribution in [2.45, 2.75) is 6.92 Å². The van der Waals surface area contributed by atoms with Crippen LogP contribution in [0.5, 0.6) is 0 Å². The van der Waals surface area contributed by atoms with E-state index in [1.54, 1.807) is 30.9 Å². The van der Waals surface area contributed by atoms with E-state index in [0.29, 0.717) is 25.0 Å². The Morgan fingerprint density at radius 1 is 1.03 bits per heavy atom. The van der Waals surface area contributed by atoms with Crippen LogP contribution in [0.15, 0.2) is 49.1 Å². The average Bonchev–Trinajstić information content (AvgIpc) is 3.14. The second kappa shape index (κ2) is 7.21. The Morgan fingerprint density at radius 2 is 1.83 bits per heavy atom. The summed E-state index contributed by atoms with van der Waals surface area (Å²) in [7, 11) is 0. The molecule has 0 spiro atoms. The van der Waals surface area contributed by atoms with Crippen LogP contribution in [0.4, 0.5) is 10.3 Å². The van der Waals surface area contributed by atoms with Crippen LogP contribution in [-0.2, 0) is 4.74 Å². The van der Waals surface area contributed by atoms with Gasteiger partial charge >= 0.3 is 0 Å². The number of rotatable bonds is 3. The summed E-state index contributed by atoms with van der Waals surface area (Å²) in [6, 6.07) is 6.58. The van der Waals surface area contributed by atoms with Gasteiger partial charge in [-0.25, -0.2) is 19.3 Å². The first-order chi connectivity index (χ1) is 14.2. The number of hydrogen-bond acceptors (Lipinski definition) is 6. The summed E-state index contributed by atoms with van der Waals surface area (Å²) in [5.74, 6) is 1.10. The Balaban J connectivity index is 1.63. The van der Waals surface area contributed by atoms with E-state index in [4.69, 9.17) is 9.72 Å². The number of aromatic nitrogens is 5. The third-order valence-electron chi connectivity index (χ3n) is 5.05. The Kier molecular flexibility index (Phi) is 4.40. The van der Waals surface area contributed by atoms with Crippen LogP contribution in [0.3, 0.4) is 0 Å². The van der Waals surface area contributed by atoms with Gasteiger partial charge in [-0.05, 0) is 36.8 Å². The summed E-state index contributed by atoms with van der Waals surface area (Å²) >= 11 is 0. The van der Waals surface area contributed by atoms with Crippen molar-refractivity contribution >= 4 is 17.0 Å². The molecular weight excluding hydrogens is 371 g/mol. The quantitative estimate of drug-likeness (QED) is 0.535. The molecule has 7 nitrogen and oxygen atoms in total. The second-order valence-corrected chi connectivity index (χ2v) is 6.94. The highest BCUT2D eigenvalue weighted by Gasteiger charge is 2.18. The lowest BCUT2D eigenvalue weighted by atomic mass is 10.2. The molecule has 1 aliphatic rings. The summed E-state index contributed by atoms with van der Waals surface area (Å²) in [4.78, 5) is 20.2. The number of nitrogens with zero attached hydrogens (tertiary/aromatic N) is 6. The molecule has 0 aliphatic carbocycles. The predicted molar refractivity (Wildman–Crippen MR) is 108 cm³/mol. The van der Waals surface area contributed by atoms with E-state index in [1.807, 2.05) is 17.6 Å². The third-order valence-corrected chi connectivity index (χ3v) is 5.05. The molecular formula is C21H19FN6O. The number of hydrogen-bond donors (Lipinski definition) is 0. The molecule has 0 atom stereocenters. The van der Waals surface area contributed by atoms with Crippen LogP contribution in [-0.4, -0.2) is 50.8 Å². The number of benzene rings is 1. The van der Waals surface area contributed by atoms with Gasteiger partial charge in [-0.3, -0.25) is 9.55 Å². The van der Waals surface area contributed by atoms with Crippen molar-refractivity contribution in [3.63, 3.8) is 0 Å². The van der Waals surface area contributed by atoms with Crippen LogP contribution in [0.1, 0.15) is 5.56 Å². The Morgan fingerprint density at radius 3 is 2.59 bits per heavy atom. The average molecular weight is 390 g/mol. The lowest BCUT2D eigenvalue weighted by Crippen LogP contribution is -2.37. The first-order valence-electron chi connectivity index (χ1n) is 9.45. The van der Waals surface area contributed by atoms with E-state index in [2.05, 4.69) is 19.9 Å². The summed E-state index contributed by atoms with van der Waals surface area (Å²) in [5.41, 5.74) is 4.07. The largest absolute Gasteiger partial charge is 0.378 e. The molecule has 8 heteroatoms. The summed E-state index contributed by atoms with van der Waals surface area (Å²) < 4.78 is 21.0. The maximum absolute atomic E-state index is 13.7. The first kappa shape index (κ1) is 17.7. The summed E-state index contributed by atoms with van der Waals surface area (Å²) in [6.07, 6.45) is 7.03. The minimum atomic E-state index is -0.270. The van der Waals surface area contributed by atoms with Crippen molar-refractivity contribution in [2.24, 2.45) is 0 Å². The maximum Gasteiger partial charge on any atom is 0.225 e. The number of anilines is 1. The van der Waals surface area contributed by atoms with Gasteiger partial charge in [0.2, 0.25) is 5.95 Å². The fourth-order valence-corrected chi connectivity index (χ4v) is 3.59. The van der Waals surface area contributed by atoms with Gasteiger partial charge in [0.15, 0.2) is 0 Å². The molecule has 4 heterocycles. The number of aryl methyl sites for hydroxylation is 1. The van der Waals surface area contributed by atoms with Crippen molar-refractivity contribution in [3.8, 4) is 17.1 Å². The molecule has 3 aromatic heterocycles. The molecule has 1 aliphatic heterocycles. The van der Waals surface area contributed by atoms with Crippen LogP contribution in [0.25, 0.3) is 28.1 Å². The highest BCUT2D eigenvalue weighted by molar-refractivity contribution is 5.82. The van der Waals surface area contributed by atoms with Crippen molar-refractivity contribution in [3.05, 3.63) is 60.4 Å². The molecule has 1 aromatic carbocycles. The lowest BCUT2D eigenvalue weighted by Gasteiger charge is -2.26. The number of morpholine rings is 1. The van der Waals surface area contributed by atoms with Gasteiger partial charge in [0.25, 0.3) is 0 Å². The molecule has 0 saturated carbocycles.